The first kappa shape index (κ1) is 39.2. The molecule has 260 valence electrons. The zero-order valence-corrected chi connectivity index (χ0v) is 27.6. The number of hydrogen-bond donors (Lipinski definition) is 6. The van der Waals surface area contributed by atoms with E-state index in [4.69, 9.17) is 18.9 Å². The lowest BCUT2D eigenvalue weighted by Crippen LogP contribution is -2.55. The second-order valence-corrected chi connectivity index (χ2v) is 12.2. The number of aliphatic hydroxyl groups excluding tert-OH is 5. The van der Waals surface area contributed by atoms with Crippen molar-refractivity contribution in [2.45, 2.75) is 146 Å². The van der Waals surface area contributed by atoms with Crippen LogP contribution in [0.5, 0.6) is 11.5 Å². The van der Waals surface area contributed by atoms with Crippen molar-refractivity contribution in [1.82, 2.24) is 5.32 Å². The summed E-state index contributed by atoms with van der Waals surface area (Å²) in [6.45, 7) is 1.56. The van der Waals surface area contributed by atoms with Gasteiger partial charge >= 0.3 is 0 Å². The van der Waals surface area contributed by atoms with Crippen molar-refractivity contribution in [3.8, 4) is 11.5 Å². The summed E-state index contributed by atoms with van der Waals surface area (Å²) in [6, 6.07) is 4.08. The Morgan fingerprint density at radius 2 is 1.53 bits per heavy atom. The van der Waals surface area contributed by atoms with Crippen molar-refractivity contribution in [2.24, 2.45) is 0 Å². The third-order valence-corrected chi connectivity index (χ3v) is 8.47. The third kappa shape index (κ3) is 14.5. The van der Waals surface area contributed by atoms with Crippen molar-refractivity contribution < 1.29 is 49.3 Å². The molecule has 6 N–H and O–H groups in total. The Labute approximate surface area is 269 Å². The highest BCUT2D eigenvalue weighted by Gasteiger charge is 2.38. The largest absolute Gasteiger partial charge is 0.493 e. The van der Waals surface area contributed by atoms with Gasteiger partial charge in [-0.2, -0.15) is 0 Å². The molecule has 0 spiro atoms. The van der Waals surface area contributed by atoms with Crippen LogP contribution in [0.2, 0.25) is 0 Å². The number of aliphatic hydroxyl groups is 5. The zero-order chi connectivity index (χ0) is 33.0. The fourth-order valence-electron chi connectivity index (χ4n) is 5.66. The first-order valence-corrected chi connectivity index (χ1v) is 16.8. The molecule has 1 amide bonds. The Bertz CT molecular complexity index is 934. The normalized spacial score (nSPS) is 22.0. The van der Waals surface area contributed by atoms with Gasteiger partial charge in [-0.1, -0.05) is 90.0 Å². The lowest BCUT2D eigenvalue weighted by Gasteiger charge is -2.37. The Morgan fingerprint density at radius 1 is 0.933 bits per heavy atom. The number of unbranched alkanes of at least 4 members (excludes halogenated alkanes) is 11. The molecule has 1 aliphatic heterocycles. The van der Waals surface area contributed by atoms with E-state index >= 15 is 0 Å². The van der Waals surface area contributed by atoms with Crippen molar-refractivity contribution in [3.05, 3.63) is 23.8 Å². The second-order valence-electron chi connectivity index (χ2n) is 12.2. The Kier molecular flexibility index (Phi) is 19.6. The minimum absolute atomic E-state index is 0.0355. The Hall–Kier alpha value is -1.99. The van der Waals surface area contributed by atoms with Gasteiger partial charge in [0.05, 0.1) is 58.2 Å². The number of rotatable bonds is 24. The van der Waals surface area contributed by atoms with Crippen molar-refractivity contribution >= 4 is 5.91 Å². The number of hydrogen-bond acceptors (Lipinski definition) is 10. The molecule has 0 saturated carbocycles. The van der Waals surface area contributed by atoms with Crippen molar-refractivity contribution in [3.63, 3.8) is 0 Å². The van der Waals surface area contributed by atoms with Crippen LogP contribution in [0.3, 0.4) is 0 Å². The molecule has 1 fully saturated rings. The van der Waals surface area contributed by atoms with Crippen LogP contribution in [-0.4, -0.2) is 102 Å². The average molecular weight is 642 g/mol. The highest BCUT2D eigenvalue weighted by Crippen LogP contribution is 2.28. The van der Waals surface area contributed by atoms with E-state index in [1.54, 1.807) is 18.2 Å². The summed E-state index contributed by atoms with van der Waals surface area (Å²) in [7, 11) is 3.02. The van der Waals surface area contributed by atoms with Gasteiger partial charge in [-0.05, 0) is 24.1 Å². The summed E-state index contributed by atoms with van der Waals surface area (Å²) >= 11 is 0. The molecule has 1 aromatic carbocycles. The summed E-state index contributed by atoms with van der Waals surface area (Å²) in [4.78, 5) is 13.1. The molecule has 1 heterocycles. The van der Waals surface area contributed by atoms with E-state index in [1.807, 2.05) is 0 Å². The summed E-state index contributed by atoms with van der Waals surface area (Å²) in [6.07, 6.45) is 7.58. The van der Waals surface area contributed by atoms with Crippen LogP contribution in [0, 0.1) is 0 Å². The molecule has 2 rings (SSSR count). The lowest BCUT2D eigenvalue weighted by molar-refractivity contribution is -0.274. The molecular formula is C34H59NO10. The van der Waals surface area contributed by atoms with E-state index in [0.29, 0.717) is 23.5 Å². The number of carbonyl (C=O) groups is 1. The fraction of sp³-hybridized carbons (Fsp3) is 0.794. The molecule has 11 nitrogen and oxygen atoms in total. The molecule has 0 aliphatic carbocycles. The molecule has 1 aliphatic rings. The highest BCUT2D eigenvalue weighted by atomic mass is 16.7. The van der Waals surface area contributed by atoms with Crippen LogP contribution < -0.4 is 14.8 Å². The predicted molar refractivity (Wildman–Crippen MR) is 171 cm³/mol. The smallest absolute Gasteiger partial charge is 0.224 e. The molecule has 0 bridgehead atoms. The zero-order valence-electron chi connectivity index (χ0n) is 27.6. The van der Waals surface area contributed by atoms with Crippen LogP contribution >= 0.6 is 0 Å². The molecule has 7 atom stereocenters. The maximum atomic E-state index is 13.1. The van der Waals surface area contributed by atoms with Gasteiger partial charge in [-0.15, -0.1) is 0 Å². The third-order valence-electron chi connectivity index (χ3n) is 8.47. The number of benzene rings is 1. The lowest BCUT2D eigenvalue weighted by atomic mass is 9.99. The summed E-state index contributed by atoms with van der Waals surface area (Å²) < 4.78 is 21.8. The predicted octanol–water partition coefficient (Wildman–Crippen LogP) is 3.39. The number of amides is 1. The van der Waals surface area contributed by atoms with E-state index in [-0.39, 0.29) is 26.1 Å². The molecule has 1 aromatic rings. The topological polar surface area (TPSA) is 167 Å². The molecule has 45 heavy (non-hydrogen) atoms. The average Bonchev–Trinajstić information content (AvgIpc) is 3.04. The van der Waals surface area contributed by atoms with Gasteiger partial charge in [0.15, 0.2) is 17.8 Å². The van der Waals surface area contributed by atoms with Gasteiger partial charge in [0.1, 0.15) is 12.2 Å². The molecular weight excluding hydrogens is 582 g/mol. The van der Waals surface area contributed by atoms with E-state index in [0.717, 1.165) is 25.7 Å². The minimum atomic E-state index is -1.38. The monoisotopic (exact) mass is 641 g/mol. The van der Waals surface area contributed by atoms with Gasteiger partial charge in [0.25, 0.3) is 0 Å². The van der Waals surface area contributed by atoms with Crippen LogP contribution in [0.25, 0.3) is 0 Å². The first-order valence-electron chi connectivity index (χ1n) is 16.8. The summed E-state index contributed by atoms with van der Waals surface area (Å²) in [5.41, 5.74) is 0.649. The summed E-state index contributed by atoms with van der Waals surface area (Å²) in [5.74, 6) is 0.575. The SMILES string of the molecule is CCCCCCCCCCCCCC[C@@H](O)[C@@H](O)[C@H](COC1OC(CO)CC(O)C1O)NC(=O)Cc1ccc(OC)c(OC)c1. The minimum Gasteiger partial charge on any atom is -0.493 e. The standard InChI is InChI=1S/C34H59NO10/c1-4-5-6-7-8-9-10-11-12-13-14-15-16-27(37)32(40)26(23-44-34-33(41)28(38)21-25(22-36)45-34)35-31(39)20-24-17-18-29(42-2)30(19-24)43-3/h17-19,25-28,32-34,36-38,40-41H,4-16,20-23H2,1-3H3,(H,35,39)/t25?,26-,27+,28?,32-,33?,34?/m0/s1. The number of methoxy groups -OCH3 is 2. The van der Waals surface area contributed by atoms with E-state index in [9.17, 15) is 30.3 Å². The molecule has 4 unspecified atom stereocenters. The van der Waals surface area contributed by atoms with Crippen molar-refractivity contribution in [1.29, 1.82) is 0 Å². The van der Waals surface area contributed by atoms with Gasteiger partial charge in [-0.25, -0.2) is 0 Å². The quantitative estimate of drug-likeness (QED) is 0.0921. The first-order chi connectivity index (χ1) is 21.7. The highest BCUT2D eigenvalue weighted by molar-refractivity contribution is 5.79. The number of nitrogens with one attached hydrogen (secondary N) is 1. The molecule has 0 aromatic heterocycles. The number of carbonyl (C=O) groups excluding carboxylic acids is 1. The van der Waals surface area contributed by atoms with E-state index in [2.05, 4.69) is 12.2 Å². The van der Waals surface area contributed by atoms with Gasteiger partial charge in [-0.3, -0.25) is 4.79 Å². The maximum Gasteiger partial charge on any atom is 0.224 e. The summed E-state index contributed by atoms with van der Waals surface area (Å²) in [5, 5.41) is 54.7. The van der Waals surface area contributed by atoms with Gasteiger partial charge < -0.3 is 49.8 Å². The van der Waals surface area contributed by atoms with Gasteiger partial charge in [0, 0.05) is 6.42 Å². The van der Waals surface area contributed by atoms with Crippen LogP contribution in [0.15, 0.2) is 18.2 Å². The van der Waals surface area contributed by atoms with Crippen molar-refractivity contribution in [2.75, 3.05) is 27.4 Å². The van der Waals surface area contributed by atoms with Crippen LogP contribution in [0.1, 0.15) is 102 Å². The molecule has 0 radical (unpaired) electrons. The van der Waals surface area contributed by atoms with E-state index in [1.165, 1.54) is 65.6 Å². The molecule has 1 saturated heterocycles. The fourth-order valence-corrected chi connectivity index (χ4v) is 5.66. The molecule has 11 heteroatoms. The Morgan fingerprint density at radius 3 is 2.11 bits per heavy atom. The maximum absolute atomic E-state index is 13.1. The van der Waals surface area contributed by atoms with E-state index < -0.39 is 48.8 Å². The van der Waals surface area contributed by atoms with Gasteiger partial charge in [0.2, 0.25) is 5.91 Å². The Balaban J connectivity index is 1.90. The van der Waals surface area contributed by atoms with Crippen LogP contribution in [0.4, 0.5) is 0 Å². The number of ether oxygens (including phenoxy) is 4. The second kappa shape index (κ2) is 22.5. The van der Waals surface area contributed by atoms with Crippen LogP contribution in [-0.2, 0) is 20.7 Å².